The molecule has 0 heterocycles. The zero-order valence-electron chi connectivity index (χ0n) is 9.51. The SMILES string of the molecule is Cc1cc(Cl)cc(C2(C(=O)O)CCC2)c1C. The molecule has 1 aliphatic carbocycles. The molecule has 1 aromatic rings. The van der Waals surface area contributed by atoms with Gasteiger partial charge in [0.05, 0.1) is 5.41 Å². The van der Waals surface area contributed by atoms with Gasteiger partial charge in [-0.2, -0.15) is 0 Å². The number of hydrogen-bond donors (Lipinski definition) is 1. The van der Waals surface area contributed by atoms with E-state index in [9.17, 15) is 9.90 Å². The van der Waals surface area contributed by atoms with Gasteiger partial charge < -0.3 is 5.11 Å². The summed E-state index contributed by atoms with van der Waals surface area (Å²) >= 11 is 6.02. The summed E-state index contributed by atoms with van der Waals surface area (Å²) in [4.78, 5) is 11.4. The summed E-state index contributed by atoms with van der Waals surface area (Å²) in [6, 6.07) is 3.70. The van der Waals surface area contributed by atoms with Crippen LogP contribution in [0.5, 0.6) is 0 Å². The van der Waals surface area contributed by atoms with E-state index >= 15 is 0 Å². The Labute approximate surface area is 100 Å². The minimum absolute atomic E-state index is 0.630. The lowest BCUT2D eigenvalue weighted by atomic mass is 9.63. The number of benzene rings is 1. The fourth-order valence-corrected chi connectivity index (χ4v) is 2.71. The van der Waals surface area contributed by atoms with E-state index in [1.54, 1.807) is 0 Å². The third-order valence-electron chi connectivity index (χ3n) is 3.76. The molecule has 1 N–H and O–H groups in total. The van der Waals surface area contributed by atoms with Gasteiger partial charge in [-0.1, -0.05) is 18.0 Å². The molecule has 1 saturated carbocycles. The summed E-state index contributed by atoms with van der Waals surface area (Å²) in [7, 11) is 0. The second-order valence-corrected chi connectivity index (χ2v) is 5.07. The normalized spacial score (nSPS) is 17.9. The van der Waals surface area contributed by atoms with Crippen molar-refractivity contribution in [2.24, 2.45) is 0 Å². The number of carbonyl (C=O) groups is 1. The summed E-state index contributed by atoms with van der Waals surface area (Å²) in [5.74, 6) is -0.719. The predicted octanol–water partition coefficient (Wildman–Crippen LogP) is 3.46. The fourth-order valence-electron chi connectivity index (χ4n) is 2.44. The summed E-state index contributed by atoms with van der Waals surface area (Å²) in [5.41, 5.74) is 2.34. The van der Waals surface area contributed by atoms with Gasteiger partial charge in [0.25, 0.3) is 0 Å². The number of hydrogen-bond acceptors (Lipinski definition) is 1. The van der Waals surface area contributed by atoms with E-state index in [2.05, 4.69) is 0 Å². The molecule has 3 heteroatoms. The van der Waals surface area contributed by atoms with E-state index in [-0.39, 0.29) is 0 Å². The van der Waals surface area contributed by atoms with Gasteiger partial charge in [0.2, 0.25) is 0 Å². The molecule has 0 bridgehead atoms. The van der Waals surface area contributed by atoms with Crippen molar-refractivity contribution in [3.63, 3.8) is 0 Å². The first-order valence-corrected chi connectivity index (χ1v) is 5.86. The van der Waals surface area contributed by atoms with Crippen molar-refractivity contribution < 1.29 is 9.90 Å². The van der Waals surface area contributed by atoms with Gasteiger partial charge in [0, 0.05) is 5.02 Å². The molecule has 0 aliphatic heterocycles. The minimum Gasteiger partial charge on any atom is -0.481 e. The molecule has 86 valence electrons. The molecule has 2 nitrogen and oxygen atoms in total. The van der Waals surface area contributed by atoms with Crippen LogP contribution in [0, 0.1) is 13.8 Å². The van der Waals surface area contributed by atoms with Crippen molar-refractivity contribution >= 4 is 17.6 Å². The predicted molar refractivity (Wildman–Crippen MR) is 64.1 cm³/mol. The Morgan fingerprint density at radius 1 is 1.38 bits per heavy atom. The topological polar surface area (TPSA) is 37.3 Å². The van der Waals surface area contributed by atoms with E-state index in [4.69, 9.17) is 11.6 Å². The molecular formula is C13H15ClO2. The van der Waals surface area contributed by atoms with Crippen LogP contribution in [0.3, 0.4) is 0 Å². The number of aryl methyl sites for hydroxylation is 1. The van der Waals surface area contributed by atoms with E-state index in [1.165, 1.54) is 0 Å². The summed E-state index contributed by atoms with van der Waals surface area (Å²) in [5, 5.41) is 10.0. The lowest BCUT2D eigenvalue weighted by molar-refractivity contribution is -0.147. The Morgan fingerprint density at radius 2 is 2.00 bits per heavy atom. The Morgan fingerprint density at radius 3 is 2.44 bits per heavy atom. The Bertz CT molecular complexity index is 447. The van der Waals surface area contributed by atoms with Crippen LogP contribution in [-0.2, 0) is 10.2 Å². The lowest BCUT2D eigenvalue weighted by Gasteiger charge is -2.39. The van der Waals surface area contributed by atoms with Crippen LogP contribution in [-0.4, -0.2) is 11.1 Å². The van der Waals surface area contributed by atoms with Crippen LogP contribution in [0.1, 0.15) is 36.0 Å². The van der Waals surface area contributed by atoms with Gasteiger partial charge in [-0.15, -0.1) is 0 Å². The summed E-state index contributed by atoms with van der Waals surface area (Å²) in [6.07, 6.45) is 2.43. The van der Waals surface area contributed by atoms with Crippen LogP contribution in [0.25, 0.3) is 0 Å². The zero-order valence-corrected chi connectivity index (χ0v) is 10.3. The van der Waals surface area contributed by atoms with Gasteiger partial charge in [-0.25, -0.2) is 0 Å². The Balaban J connectivity index is 2.59. The largest absolute Gasteiger partial charge is 0.481 e. The monoisotopic (exact) mass is 238 g/mol. The molecule has 16 heavy (non-hydrogen) atoms. The molecule has 0 atom stereocenters. The third-order valence-corrected chi connectivity index (χ3v) is 3.98. The van der Waals surface area contributed by atoms with Crippen LogP contribution in [0.2, 0.25) is 5.02 Å². The lowest BCUT2D eigenvalue weighted by Crippen LogP contribution is -2.43. The number of carboxylic acids is 1. The average Bonchev–Trinajstić information content (AvgIpc) is 2.10. The summed E-state index contributed by atoms with van der Waals surface area (Å²) < 4.78 is 0. The molecule has 0 saturated heterocycles. The molecule has 0 aromatic heterocycles. The van der Waals surface area contributed by atoms with Crippen LogP contribution in [0.4, 0.5) is 0 Å². The zero-order chi connectivity index (χ0) is 11.9. The first-order chi connectivity index (χ1) is 7.47. The highest BCUT2D eigenvalue weighted by Gasteiger charge is 2.46. The number of halogens is 1. The van der Waals surface area contributed by atoms with E-state index < -0.39 is 11.4 Å². The quantitative estimate of drug-likeness (QED) is 0.857. The summed E-state index contributed by atoms with van der Waals surface area (Å²) in [6.45, 7) is 3.95. The van der Waals surface area contributed by atoms with Gasteiger partial charge in [0.1, 0.15) is 0 Å². The highest BCUT2D eigenvalue weighted by atomic mass is 35.5. The van der Waals surface area contributed by atoms with Crippen molar-refractivity contribution in [2.45, 2.75) is 38.5 Å². The highest BCUT2D eigenvalue weighted by Crippen LogP contribution is 2.46. The first-order valence-electron chi connectivity index (χ1n) is 5.48. The van der Waals surface area contributed by atoms with Gasteiger partial charge >= 0.3 is 5.97 Å². The highest BCUT2D eigenvalue weighted by molar-refractivity contribution is 6.30. The minimum atomic E-state index is -0.719. The Kier molecular flexibility index (Phi) is 2.70. The average molecular weight is 239 g/mol. The molecular weight excluding hydrogens is 224 g/mol. The molecule has 1 aliphatic rings. The molecule has 1 fully saturated rings. The van der Waals surface area contributed by atoms with Crippen LogP contribution in [0.15, 0.2) is 12.1 Å². The number of carboxylic acid groups (broad SMARTS) is 1. The van der Waals surface area contributed by atoms with Crippen LogP contribution >= 0.6 is 11.6 Å². The van der Waals surface area contributed by atoms with Gasteiger partial charge in [-0.05, 0) is 55.5 Å². The van der Waals surface area contributed by atoms with E-state index in [0.717, 1.165) is 36.0 Å². The maximum absolute atomic E-state index is 11.4. The fraction of sp³-hybridized carbons (Fsp3) is 0.462. The van der Waals surface area contributed by atoms with Crippen LogP contribution < -0.4 is 0 Å². The van der Waals surface area contributed by atoms with Crippen molar-refractivity contribution in [1.82, 2.24) is 0 Å². The van der Waals surface area contributed by atoms with Gasteiger partial charge in [-0.3, -0.25) is 4.79 Å². The molecule has 0 spiro atoms. The third kappa shape index (κ3) is 1.52. The molecule has 1 aromatic carbocycles. The maximum atomic E-state index is 11.4. The second-order valence-electron chi connectivity index (χ2n) is 4.64. The van der Waals surface area contributed by atoms with Crippen molar-refractivity contribution in [3.05, 3.63) is 33.8 Å². The van der Waals surface area contributed by atoms with E-state index in [1.807, 2.05) is 26.0 Å². The molecule has 2 rings (SSSR count). The van der Waals surface area contributed by atoms with E-state index in [0.29, 0.717) is 5.02 Å². The van der Waals surface area contributed by atoms with Crippen molar-refractivity contribution in [2.75, 3.05) is 0 Å². The second kappa shape index (κ2) is 3.77. The number of aliphatic carboxylic acids is 1. The molecule has 0 unspecified atom stereocenters. The standard InChI is InChI=1S/C13H15ClO2/c1-8-6-10(14)7-11(9(8)2)13(12(15)16)4-3-5-13/h6-7H,3-5H2,1-2H3,(H,15,16). The van der Waals surface area contributed by atoms with Crippen molar-refractivity contribution in [1.29, 1.82) is 0 Å². The molecule has 0 radical (unpaired) electrons. The van der Waals surface area contributed by atoms with Gasteiger partial charge in [0.15, 0.2) is 0 Å². The number of rotatable bonds is 2. The maximum Gasteiger partial charge on any atom is 0.314 e. The van der Waals surface area contributed by atoms with Crippen molar-refractivity contribution in [3.8, 4) is 0 Å². The Hall–Kier alpha value is -1.02. The first kappa shape index (κ1) is 11.5. The smallest absolute Gasteiger partial charge is 0.314 e. The molecule has 0 amide bonds.